The van der Waals surface area contributed by atoms with Crippen molar-refractivity contribution in [3.05, 3.63) is 54.1 Å². The van der Waals surface area contributed by atoms with Crippen LogP contribution in [-0.2, 0) is 11.3 Å². The zero-order valence-corrected chi connectivity index (χ0v) is 15.2. The zero-order valence-electron chi connectivity index (χ0n) is 15.2. The molecule has 0 aromatic heterocycles. The number of hydrogen-bond acceptors (Lipinski definition) is 4. The maximum Gasteiger partial charge on any atom is 0.263 e. The highest BCUT2D eigenvalue weighted by Crippen LogP contribution is 2.28. The van der Waals surface area contributed by atoms with E-state index in [1.807, 2.05) is 55.5 Å². The van der Waals surface area contributed by atoms with Crippen molar-refractivity contribution in [1.82, 2.24) is 4.90 Å². The van der Waals surface area contributed by atoms with Crippen LogP contribution < -0.4 is 14.2 Å². The van der Waals surface area contributed by atoms with Gasteiger partial charge in [-0.15, -0.1) is 0 Å². The topological polar surface area (TPSA) is 48.0 Å². The Morgan fingerprint density at radius 2 is 1.72 bits per heavy atom. The number of methoxy groups -OCH3 is 2. The summed E-state index contributed by atoms with van der Waals surface area (Å²) in [7, 11) is 3.20. The van der Waals surface area contributed by atoms with Gasteiger partial charge in [0.2, 0.25) is 0 Å². The van der Waals surface area contributed by atoms with E-state index in [4.69, 9.17) is 14.2 Å². The van der Waals surface area contributed by atoms with Crippen LogP contribution in [0.2, 0.25) is 0 Å². The molecule has 0 aliphatic carbocycles. The first-order valence-corrected chi connectivity index (χ1v) is 8.30. The molecule has 5 heteroatoms. The number of amides is 1. The van der Waals surface area contributed by atoms with E-state index in [1.54, 1.807) is 26.0 Å². The Kier molecular flexibility index (Phi) is 6.69. The van der Waals surface area contributed by atoms with Gasteiger partial charge < -0.3 is 19.1 Å². The van der Waals surface area contributed by atoms with E-state index in [0.717, 1.165) is 5.56 Å². The molecule has 0 aliphatic rings. The van der Waals surface area contributed by atoms with Gasteiger partial charge in [-0.2, -0.15) is 0 Å². The Morgan fingerprint density at radius 3 is 2.32 bits per heavy atom. The predicted octanol–water partition coefficient (Wildman–Crippen LogP) is 3.52. The van der Waals surface area contributed by atoms with Gasteiger partial charge in [0, 0.05) is 13.1 Å². The number of benzene rings is 2. The first-order chi connectivity index (χ1) is 12.1. The van der Waals surface area contributed by atoms with Gasteiger partial charge >= 0.3 is 0 Å². The predicted molar refractivity (Wildman–Crippen MR) is 97.2 cm³/mol. The Hall–Kier alpha value is -2.69. The second-order valence-corrected chi connectivity index (χ2v) is 5.61. The SMILES string of the molecule is CCN(Cc1ccc(OC)c(OC)c1)C(=O)C(C)Oc1ccccc1. The van der Waals surface area contributed by atoms with Crippen molar-refractivity contribution in [2.24, 2.45) is 0 Å². The van der Waals surface area contributed by atoms with Crippen molar-refractivity contribution in [1.29, 1.82) is 0 Å². The number of carbonyl (C=O) groups is 1. The molecule has 134 valence electrons. The second kappa shape index (κ2) is 8.97. The normalized spacial score (nSPS) is 11.5. The summed E-state index contributed by atoms with van der Waals surface area (Å²) in [4.78, 5) is 14.5. The van der Waals surface area contributed by atoms with Crippen LogP contribution in [0.5, 0.6) is 17.2 Å². The molecule has 1 amide bonds. The van der Waals surface area contributed by atoms with Crippen LogP contribution in [0.1, 0.15) is 19.4 Å². The molecule has 2 aromatic rings. The molecule has 2 aromatic carbocycles. The Labute approximate surface area is 149 Å². The number of rotatable bonds is 8. The summed E-state index contributed by atoms with van der Waals surface area (Å²) < 4.78 is 16.3. The molecule has 1 atom stereocenters. The Morgan fingerprint density at radius 1 is 1.04 bits per heavy atom. The molecule has 0 spiro atoms. The van der Waals surface area contributed by atoms with Gasteiger partial charge in [0.25, 0.3) is 5.91 Å². The highest BCUT2D eigenvalue weighted by Gasteiger charge is 2.21. The van der Waals surface area contributed by atoms with Gasteiger partial charge in [-0.25, -0.2) is 0 Å². The molecule has 0 bridgehead atoms. The van der Waals surface area contributed by atoms with Crippen molar-refractivity contribution >= 4 is 5.91 Å². The van der Waals surface area contributed by atoms with Crippen molar-refractivity contribution in [2.75, 3.05) is 20.8 Å². The van der Waals surface area contributed by atoms with Gasteiger partial charge in [0.1, 0.15) is 5.75 Å². The van der Waals surface area contributed by atoms with Crippen LogP contribution in [0.4, 0.5) is 0 Å². The van der Waals surface area contributed by atoms with Crippen molar-refractivity contribution in [3.63, 3.8) is 0 Å². The van der Waals surface area contributed by atoms with Gasteiger partial charge in [-0.1, -0.05) is 24.3 Å². The van der Waals surface area contributed by atoms with Crippen LogP contribution in [0.3, 0.4) is 0 Å². The summed E-state index contributed by atoms with van der Waals surface area (Å²) in [6.07, 6.45) is -0.553. The largest absolute Gasteiger partial charge is 0.493 e. The van der Waals surface area contributed by atoms with E-state index >= 15 is 0 Å². The van der Waals surface area contributed by atoms with Crippen LogP contribution in [0.25, 0.3) is 0 Å². The van der Waals surface area contributed by atoms with E-state index in [0.29, 0.717) is 30.3 Å². The van der Waals surface area contributed by atoms with Gasteiger partial charge in [0.15, 0.2) is 17.6 Å². The van der Waals surface area contributed by atoms with Crippen LogP contribution >= 0.6 is 0 Å². The third-order valence-corrected chi connectivity index (χ3v) is 3.92. The Balaban J connectivity index is 2.07. The lowest BCUT2D eigenvalue weighted by Crippen LogP contribution is -2.39. The molecule has 0 saturated carbocycles. The Bertz CT molecular complexity index is 687. The summed E-state index contributed by atoms with van der Waals surface area (Å²) in [5.74, 6) is 1.95. The van der Waals surface area contributed by atoms with Crippen LogP contribution in [0, 0.1) is 0 Å². The molecule has 0 saturated heterocycles. The quantitative estimate of drug-likeness (QED) is 0.736. The molecule has 0 fully saturated rings. The van der Waals surface area contributed by atoms with Gasteiger partial charge in [-0.3, -0.25) is 4.79 Å². The first-order valence-electron chi connectivity index (χ1n) is 8.30. The van der Waals surface area contributed by atoms with E-state index in [2.05, 4.69) is 0 Å². The summed E-state index contributed by atoms with van der Waals surface area (Å²) in [6, 6.07) is 15.0. The molecular formula is C20H25NO4. The van der Waals surface area contributed by atoms with Crippen molar-refractivity contribution in [3.8, 4) is 17.2 Å². The lowest BCUT2D eigenvalue weighted by molar-refractivity contribution is -0.138. The zero-order chi connectivity index (χ0) is 18.2. The van der Waals surface area contributed by atoms with Crippen LogP contribution in [0.15, 0.2) is 48.5 Å². The minimum Gasteiger partial charge on any atom is -0.493 e. The third kappa shape index (κ3) is 4.89. The van der Waals surface area contributed by atoms with E-state index in [1.165, 1.54) is 0 Å². The van der Waals surface area contributed by atoms with E-state index in [9.17, 15) is 4.79 Å². The maximum absolute atomic E-state index is 12.7. The number of likely N-dealkylation sites (N-methyl/N-ethyl adjacent to an activating group) is 1. The molecule has 0 N–H and O–H groups in total. The summed E-state index contributed by atoms with van der Waals surface area (Å²) in [6.45, 7) is 4.80. The second-order valence-electron chi connectivity index (χ2n) is 5.61. The highest BCUT2D eigenvalue weighted by atomic mass is 16.5. The minimum atomic E-state index is -0.553. The lowest BCUT2D eigenvalue weighted by atomic mass is 10.1. The summed E-state index contributed by atoms with van der Waals surface area (Å²) in [5.41, 5.74) is 0.972. The number of nitrogens with zero attached hydrogens (tertiary/aromatic N) is 1. The average Bonchev–Trinajstić information content (AvgIpc) is 2.66. The fraction of sp³-hybridized carbons (Fsp3) is 0.350. The smallest absolute Gasteiger partial charge is 0.263 e. The maximum atomic E-state index is 12.7. The summed E-state index contributed by atoms with van der Waals surface area (Å²) >= 11 is 0. The van der Waals surface area contributed by atoms with E-state index < -0.39 is 6.10 Å². The molecule has 0 heterocycles. The van der Waals surface area contributed by atoms with E-state index in [-0.39, 0.29) is 5.91 Å². The van der Waals surface area contributed by atoms with Gasteiger partial charge in [0.05, 0.1) is 14.2 Å². The molecular weight excluding hydrogens is 318 g/mol. The standard InChI is InChI=1S/C20H25NO4/c1-5-21(14-16-11-12-18(23-3)19(13-16)24-4)20(22)15(2)25-17-9-7-6-8-10-17/h6-13,15H,5,14H2,1-4H3. The van der Waals surface area contributed by atoms with Crippen molar-refractivity contribution < 1.29 is 19.0 Å². The number of ether oxygens (including phenoxy) is 3. The number of carbonyl (C=O) groups excluding carboxylic acids is 1. The molecule has 0 radical (unpaired) electrons. The molecule has 2 rings (SSSR count). The first kappa shape index (κ1) is 18.6. The van der Waals surface area contributed by atoms with Crippen molar-refractivity contribution in [2.45, 2.75) is 26.5 Å². The minimum absolute atomic E-state index is 0.0545. The fourth-order valence-corrected chi connectivity index (χ4v) is 2.56. The molecule has 25 heavy (non-hydrogen) atoms. The fourth-order valence-electron chi connectivity index (χ4n) is 2.56. The summed E-state index contributed by atoms with van der Waals surface area (Å²) in [5, 5.41) is 0. The molecule has 1 unspecified atom stereocenters. The number of para-hydroxylation sites is 1. The van der Waals surface area contributed by atoms with Gasteiger partial charge in [-0.05, 0) is 43.7 Å². The molecule has 5 nitrogen and oxygen atoms in total. The van der Waals surface area contributed by atoms with Crippen LogP contribution in [-0.4, -0.2) is 37.7 Å². The highest BCUT2D eigenvalue weighted by molar-refractivity contribution is 5.80. The molecule has 0 aliphatic heterocycles. The lowest BCUT2D eigenvalue weighted by Gasteiger charge is -2.25. The third-order valence-electron chi connectivity index (χ3n) is 3.92. The monoisotopic (exact) mass is 343 g/mol. The average molecular weight is 343 g/mol. The number of hydrogen-bond donors (Lipinski definition) is 0.